The molecule has 0 aliphatic carbocycles. The highest BCUT2D eigenvalue weighted by Gasteiger charge is 2.28. The average molecular weight is 329 g/mol. The van der Waals surface area contributed by atoms with Crippen molar-refractivity contribution in [2.75, 3.05) is 59.7 Å². The van der Waals surface area contributed by atoms with E-state index in [-0.39, 0.29) is 11.9 Å². The molecule has 0 radical (unpaired) electrons. The Morgan fingerprint density at radius 2 is 2.13 bits per heavy atom. The molecule has 7 heteroatoms. The standard InChI is InChI=1S/C16H31N3O4/c1-4-17-16(18-8-10-22-12-11-21-3)19-9-6-7-14(13-19)15(20)23-5-2/h14H,4-13H2,1-3H3,(H,17,18). The third-order valence-corrected chi connectivity index (χ3v) is 3.60. The molecule has 1 fully saturated rings. The number of methoxy groups -OCH3 is 1. The van der Waals surface area contributed by atoms with E-state index in [0.29, 0.717) is 39.5 Å². The first kappa shape index (κ1) is 19.7. The summed E-state index contributed by atoms with van der Waals surface area (Å²) in [5.74, 6) is 0.679. The van der Waals surface area contributed by atoms with Gasteiger partial charge in [0, 0.05) is 26.7 Å². The first-order valence-electron chi connectivity index (χ1n) is 8.49. The molecule has 1 N–H and O–H groups in total. The molecule has 23 heavy (non-hydrogen) atoms. The van der Waals surface area contributed by atoms with E-state index >= 15 is 0 Å². The Morgan fingerprint density at radius 1 is 1.30 bits per heavy atom. The van der Waals surface area contributed by atoms with Crippen molar-refractivity contribution in [2.45, 2.75) is 26.7 Å². The molecular formula is C16H31N3O4. The van der Waals surface area contributed by atoms with E-state index in [4.69, 9.17) is 14.2 Å². The van der Waals surface area contributed by atoms with Gasteiger partial charge in [-0.2, -0.15) is 0 Å². The molecule has 0 saturated carbocycles. The van der Waals surface area contributed by atoms with Gasteiger partial charge in [-0.25, -0.2) is 0 Å². The monoisotopic (exact) mass is 329 g/mol. The van der Waals surface area contributed by atoms with Gasteiger partial charge in [0.05, 0.1) is 38.9 Å². The van der Waals surface area contributed by atoms with Crippen molar-refractivity contribution in [2.24, 2.45) is 10.9 Å². The number of likely N-dealkylation sites (tertiary alicyclic amines) is 1. The maximum absolute atomic E-state index is 11.9. The lowest BCUT2D eigenvalue weighted by molar-refractivity contribution is -0.149. The molecule has 0 aromatic rings. The summed E-state index contributed by atoms with van der Waals surface area (Å²) in [5.41, 5.74) is 0. The first-order chi connectivity index (χ1) is 11.2. The van der Waals surface area contributed by atoms with Gasteiger partial charge in [-0.3, -0.25) is 9.79 Å². The van der Waals surface area contributed by atoms with Crippen molar-refractivity contribution >= 4 is 11.9 Å². The fourth-order valence-electron chi connectivity index (χ4n) is 2.51. The second-order valence-corrected chi connectivity index (χ2v) is 5.38. The molecule has 1 heterocycles. The smallest absolute Gasteiger partial charge is 0.310 e. The maximum Gasteiger partial charge on any atom is 0.310 e. The van der Waals surface area contributed by atoms with Crippen LogP contribution in [0.4, 0.5) is 0 Å². The van der Waals surface area contributed by atoms with Crippen molar-refractivity contribution in [3.05, 3.63) is 0 Å². The molecule has 1 atom stereocenters. The molecule has 1 aliphatic rings. The molecule has 7 nitrogen and oxygen atoms in total. The molecule has 0 aromatic carbocycles. The summed E-state index contributed by atoms with van der Waals surface area (Å²) in [5, 5.41) is 3.29. The van der Waals surface area contributed by atoms with Gasteiger partial charge < -0.3 is 24.4 Å². The zero-order valence-electron chi connectivity index (χ0n) is 14.7. The molecule has 1 saturated heterocycles. The number of hydrogen-bond acceptors (Lipinski definition) is 5. The van der Waals surface area contributed by atoms with Crippen LogP contribution in [0, 0.1) is 5.92 Å². The van der Waals surface area contributed by atoms with Crippen molar-refractivity contribution in [1.29, 1.82) is 0 Å². The highest BCUT2D eigenvalue weighted by molar-refractivity contribution is 5.81. The predicted octanol–water partition coefficient (Wildman–Crippen LogP) is 0.890. The fourth-order valence-corrected chi connectivity index (χ4v) is 2.51. The van der Waals surface area contributed by atoms with Gasteiger partial charge in [0.15, 0.2) is 5.96 Å². The van der Waals surface area contributed by atoms with Gasteiger partial charge in [-0.05, 0) is 26.7 Å². The summed E-state index contributed by atoms with van der Waals surface area (Å²) >= 11 is 0. The summed E-state index contributed by atoms with van der Waals surface area (Å²) in [6.45, 7) is 9.01. The summed E-state index contributed by atoms with van der Waals surface area (Å²) in [6.07, 6.45) is 1.85. The SMILES string of the molecule is CCNC(=NCCOCCOC)N1CCCC(C(=O)OCC)C1. The number of rotatable bonds is 9. The van der Waals surface area contributed by atoms with E-state index in [0.717, 1.165) is 31.9 Å². The van der Waals surface area contributed by atoms with Crippen molar-refractivity contribution in [3.8, 4) is 0 Å². The largest absolute Gasteiger partial charge is 0.466 e. The van der Waals surface area contributed by atoms with E-state index in [1.807, 2.05) is 13.8 Å². The number of ether oxygens (including phenoxy) is 3. The van der Waals surface area contributed by atoms with Crippen LogP contribution in [-0.2, 0) is 19.0 Å². The Balaban J connectivity index is 2.49. The fraction of sp³-hybridized carbons (Fsp3) is 0.875. The van der Waals surface area contributed by atoms with Crippen LogP contribution >= 0.6 is 0 Å². The quantitative estimate of drug-likeness (QED) is 0.293. The molecule has 0 amide bonds. The normalized spacial score (nSPS) is 18.8. The lowest BCUT2D eigenvalue weighted by Crippen LogP contribution is -2.48. The number of esters is 1. The molecule has 1 aliphatic heterocycles. The average Bonchev–Trinajstić information content (AvgIpc) is 2.57. The minimum Gasteiger partial charge on any atom is -0.466 e. The van der Waals surface area contributed by atoms with Gasteiger partial charge in [0.25, 0.3) is 0 Å². The van der Waals surface area contributed by atoms with Gasteiger partial charge in [-0.15, -0.1) is 0 Å². The van der Waals surface area contributed by atoms with E-state index in [1.54, 1.807) is 7.11 Å². The second kappa shape index (κ2) is 12.1. The van der Waals surface area contributed by atoms with Gasteiger partial charge in [0.2, 0.25) is 0 Å². The lowest BCUT2D eigenvalue weighted by Gasteiger charge is -2.34. The number of carbonyl (C=O) groups is 1. The van der Waals surface area contributed by atoms with Crippen LogP contribution in [-0.4, -0.2) is 76.5 Å². The third kappa shape index (κ3) is 7.65. The Hall–Kier alpha value is -1.34. The van der Waals surface area contributed by atoms with Gasteiger partial charge in [0.1, 0.15) is 0 Å². The van der Waals surface area contributed by atoms with E-state index < -0.39 is 0 Å². The van der Waals surface area contributed by atoms with Crippen LogP contribution in [0.1, 0.15) is 26.7 Å². The molecule has 0 bridgehead atoms. The predicted molar refractivity (Wildman–Crippen MR) is 89.6 cm³/mol. The lowest BCUT2D eigenvalue weighted by atomic mass is 9.98. The Bertz CT molecular complexity index is 363. The van der Waals surface area contributed by atoms with E-state index in [9.17, 15) is 4.79 Å². The zero-order chi connectivity index (χ0) is 16.9. The Labute approximate surface area is 139 Å². The van der Waals surface area contributed by atoms with Gasteiger partial charge >= 0.3 is 5.97 Å². The summed E-state index contributed by atoms with van der Waals surface area (Å²) < 4.78 is 15.5. The van der Waals surface area contributed by atoms with Crippen LogP contribution < -0.4 is 5.32 Å². The molecular weight excluding hydrogens is 298 g/mol. The topological polar surface area (TPSA) is 72.4 Å². The second-order valence-electron chi connectivity index (χ2n) is 5.38. The highest BCUT2D eigenvalue weighted by atomic mass is 16.5. The van der Waals surface area contributed by atoms with Crippen LogP contribution in [0.25, 0.3) is 0 Å². The van der Waals surface area contributed by atoms with E-state index in [1.165, 1.54) is 0 Å². The van der Waals surface area contributed by atoms with Crippen LogP contribution in [0.5, 0.6) is 0 Å². The highest BCUT2D eigenvalue weighted by Crippen LogP contribution is 2.18. The number of carbonyl (C=O) groups excluding carboxylic acids is 1. The minimum absolute atomic E-state index is 0.0643. The molecule has 0 aromatic heterocycles. The Kier molecular flexibility index (Phi) is 10.4. The van der Waals surface area contributed by atoms with Crippen LogP contribution in [0.3, 0.4) is 0 Å². The van der Waals surface area contributed by atoms with Crippen molar-refractivity contribution in [1.82, 2.24) is 10.2 Å². The van der Waals surface area contributed by atoms with Gasteiger partial charge in [-0.1, -0.05) is 0 Å². The number of nitrogens with one attached hydrogen (secondary N) is 1. The van der Waals surface area contributed by atoms with E-state index in [2.05, 4.69) is 15.2 Å². The summed E-state index contributed by atoms with van der Waals surface area (Å²) in [4.78, 5) is 18.7. The minimum atomic E-state index is -0.101. The summed E-state index contributed by atoms with van der Waals surface area (Å²) in [6, 6.07) is 0. The number of aliphatic imine (C=N–C) groups is 1. The van der Waals surface area contributed by atoms with Crippen molar-refractivity contribution < 1.29 is 19.0 Å². The molecule has 0 spiro atoms. The maximum atomic E-state index is 11.9. The Morgan fingerprint density at radius 3 is 2.83 bits per heavy atom. The molecule has 1 rings (SSSR count). The number of guanidine groups is 1. The number of nitrogens with zero attached hydrogens (tertiary/aromatic N) is 2. The zero-order valence-corrected chi connectivity index (χ0v) is 14.7. The number of hydrogen-bond donors (Lipinski definition) is 1. The number of piperidine rings is 1. The molecule has 1 unspecified atom stereocenters. The summed E-state index contributed by atoms with van der Waals surface area (Å²) in [7, 11) is 1.65. The molecule has 134 valence electrons. The first-order valence-corrected chi connectivity index (χ1v) is 8.49. The third-order valence-electron chi connectivity index (χ3n) is 3.60. The van der Waals surface area contributed by atoms with Crippen LogP contribution in [0.2, 0.25) is 0 Å². The van der Waals surface area contributed by atoms with Crippen molar-refractivity contribution in [3.63, 3.8) is 0 Å². The van der Waals surface area contributed by atoms with Crippen LogP contribution in [0.15, 0.2) is 4.99 Å².